The van der Waals surface area contributed by atoms with Gasteiger partial charge in [0.25, 0.3) is 0 Å². The minimum Gasteiger partial charge on any atom is -0.337 e. The average molecular weight is 406 g/mol. The maximum absolute atomic E-state index is 12.9. The van der Waals surface area contributed by atoms with Crippen molar-refractivity contribution in [1.29, 1.82) is 0 Å². The summed E-state index contributed by atoms with van der Waals surface area (Å²) in [4.78, 5) is 18.1. The van der Waals surface area contributed by atoms with E-state index in [1.807, 2.05) is 12.1 Å². The van der Waals surface area contributed by atoms with Crippen LogP contribution < -0.4 is 0 Å². The van der Waals surface area contributed by atoms with Gasteiger partial charge in [0.2, 0.25) is 17.6 Å². The van der Waals surface area contributed by atoms with Gasteiger partial charge in [-0.1, -0.05) is 41.0 Å². The molecular formula is C19H17ClFN3O2S. The fourth-order valence-corrected chi connectivity index (χ4v) is 3.45. The van der Waals surface area contributed by atoms with Crippen molar-refractivity contribution in [2.75, 3.05) is 12.8 Å². The first-order chi connectivity index (χ1) is 13.0. The number of carbonyl (C=O) groups excluding carboxylic acids is 1. The summed E-state index contributed by atoms with van der Waals surface area (Å²) in [5, 5.41) is 4.46. The number of nitrogens with zero attached hydrogens (tertiary/aromatic N) is 3. The Morgan fingerprint density at radius 3 is 2.70 bits per heavy atom. The fraction of sp³-hybridized carbons (Fsp3) is 0.211. The van der Waals surface area contributed by atoms with Gasteiger partial charge >= 0.3 is 0 Å². The minimum absolute atomic E-state index is 0.0559. The van der Waals surface area contributed by atoms with Crippen LogP contribution in [0.2, 0.25) is 5.02 Å². The number of carbonyl (C=O) groups is 1. The molecule has 8 heteroatoms. The van der Waals surface area contributed by atoms with Crippen LogP contribution in [0.3, 0.4) is 0 Å². The van der Waals surface area contributed by atoms with E-state index in [2.05, 4.69) is 10.1 Å². The van der Waals surface area contributed by atoms with Crippen LogP contribution in [-0.4, -0.2) is 33.7 Å². The monoisotopic (exact) mass is 405 g/mol. The van der Waals surface area contributed by atoms with Gasteiger partial charge in [0, 0.05) is 18.4 Å². The molecule has 0 bridgehead atoms. The lowest BCUT2D eigenvalue weighted by Gasteiger charge is -2.14. The molecule has 0 fully saturated rings. The predicted octanol–water partition coefficient (Wildman–Crippen LogP) is 4.42. The van der Waals surface area contributed by atoms with Gasteiger partial charge in [-0.15, -0.1) is 11.8 Å². The van der Waals surface area contributed by atoms with Gasteiger partial charge in [-0.2, -0.15) is 4.98 Å². The molecule has 0 aliphatic carbocycles. The van der Waals surface area contributed by atoms with E-state index >= 15 is 0 Å². The zero-order valence-electron chi connectivity index (χ0n) is 14.6. The number of rotatable bonds is 7. The van der Waals surface area contributed by atoms with Crippen molar-refractivity contribution >= 4 is 29.3 Å². The number of benzene rings is 2. The molecule has 2 aromatic carbocycles. The highest BCUT2D eigenvalue weighted by Crippen LogP contribution is 2.25. The molecule has 0 saturated carbocycles. The van der Waals surface area contributed by atoms with Gasteiger partial charge in [-0.05, 0) is 29.8 Å². The molecule has 0 aliphatic rings. The van der Waals surface area contributed by atoms with Crippen LogP contribution in [0.15, 0.2) is 53.1 Å². The van der Waals surface area contributed by atoms with E-state index in [9.17, 15) is 9.18 Å². The second-order valence-corrected chi connectivity index (χ2v) is 7.25. The summed E-state index contributed by atoms with van der Waals surface area (Å²) in [6.45, 7) is 0.216. The van der Waals surface area contributed by atoms with Crippen LogP contribution in [0.5, 0.6) is 0 Å². The van der Waals surface area contributed by atoms with Crippen molar-refractivity contribution in [3.05, 3.63) is 70.8 Å². The summed E-state index contributed by atoms with van der Waals surface area (Å²) in [6, 6.07) is 13.5. The predicted molar refractivity (Wildman–Crippen MR) is 104 cm³/mol. The molecule has 3 aromatic rings. The molecule has 1 amide bonds. The zero-order valence-corrected chi connectivity index (χ0v) is 16.1. The molecular weight excluding hydrogens is 389 g/mol. The molecule has 0 N–H and O–H groups in total. The van der Waals surface area contributed by atoms with Gasteiger partial charge in [0.05, 0.1) is 17.3 Å². The van der Waals surface area contributed by atoms with Crippen LogP contribution in [0.25, 0.3) is 11.4 Å². The highest BCUT2D eigenvalue weighted by atomic mass is 35.5. The molecule has 140 valence electrons. The Morgan fingerprint density at radius 2 is 1.96 bits per heavy atom. The normalized spacial score (nSPS) is 10.8. The van der Waals surface area contributed by atoms with E-state index in [-0.39, 0.29) is 18.3 Å². The SMILES string of the molecule is CN(Cc1nc(-c2ccccc2Cl)no1)C(=O)CSCc1ccc(F)cc1. The summed E-state index contributed by atoms with van der Waals surface area (Å²) in [5.41, 5.74) is 1.65. The Balaban J connectivity index is 1.51. The largest absolute Gasteiger partial charge is 0.337 e. The van der Waals surface area contributed by atoms with E-state index < -0.39 is 0 Å². The molecule has 3 rings (SSSR count). The molecule has 0 saturated heterocycles. The van der Waals surface area contributed by atoms with Crippen molar-refractivity contribution in [1.82, 2.24) is 15.0 Å². The number of aromatic nitrogens is 2. The third-order valence-electron chi connectivity index (χ3n) is 3.79. The molecule has 27 heavy (non-hydrogen) atoms. The Hall–Kier alpha value is -2.38. The number of amides is 1. The van der Waals surface area contributed by atoms with Crippen LogP contribution in [-0.2, 0) is 17.1 Å². The van der Waals surface area contributed by atoms with E-state index in [1.54, 1.807) is 31.3 Å². The van der Waals surface area contributed by atoms with Crippen LogP contribution in [0.4, 0.5) is 4.39 Å². The van der Waals surface area contributed by atoms with Crippen molar-refractivity contribution in [3.63, 3.8) is 0 Å². The lowest BCUT2D eigenvalue weighted by molar-refractivity contribution is -0.127. The molecule has 0 aliphatic heterocycles. The maximum atomic E-state index is 12.9. The van der Waals surface area contributed by atoms with Crippen LogP contribution >= 0.6 is 23.4 Å². The van der Waals surface area contributed by atoms with E-state index in [0.717, 1.165) is 5.56 Å². The third-order valence-corrected chi connectivity index (χ3v) is 5.11. The van der Waals surface area contributed by atoms with E-state index in [0.29, 0.717) is 33.8 Å². The molecule has 1 heterocycles. The fourth-order valence-electron chi connectivity index (χ4n) is 2.31. The number of halogens is 2. The Kier molecular flexibility index (Phi) is 6.47. The standard InChI is InChI=1S/C19H17ClFN3O2S/c1-24(18(25)12-27-11-13-6-8-14(21)9-7-13)10-17-22-19(23-26-17)15-4-2-3-5-16(15)20/h2-9H,10-12H2,1H3. The molecule has 5 nitrogen and oxygen atoms in total. The van der Waals surface area contributed by atoms with Crippen molar-refractivity contribution in [2.45, 2.75) is 12.3 Å². The summed E-state index contributed by atoms with van der Waals surface area (Å²) in [6.07, 6.45) is 0. The first kappa shape index (κ1) is 19.4. The Labute approximate surface area is 165 Å². The summed E-state index contributed by atoms with van der Waals surface area (Å²) < 4.78 is 18.1. The molecule has 1 aromatic heterocycles. The summed E-state index contributed by atoms with van der Waals surface area (Å²) in [7, 11) is 1.68. The second kappa shape index (κ2) is 9.01. The third kappa shape index (κ3) is 5.30. The highest BCUT2D eigenvalue weighted by Gasteiger charge is 2.16. The highest BCUT2D eigenvalue weighted by molar-refractivity contribution is 7.99. The van der Waals surface area contributed by atoms with E-state index in [1.165, 1.54) is 28.8 Å². The first-order valence-corrected chi connectivity index (χ1v) is 9.70. The van der Waals surface area contributed by atoms with Gasteiger partial charge in [0.1, 0.15) is 5.82 Å². The Morgan fingerprint density at radius 1 is 1.22 bits per heavy atom. The quantitative estimate of drug-likeness (QED) is 0.582. The van der Waals surface area contributed by atoms with Gasteiger partial charge in [-0.3, -0.25) is 4.79 Å². The van der Waals surface area contributed by atoms with Gasteiger partial charge in [0.15, 0.2) is 0 Å². The van der Waals surface area contributed by atoms with Crippen LogP contribution in [0.1, 0.15) is 11.5 Å². The maximum Gasteiger partial charge on any atom is 0.246 e. The smallest absolute Gasteiger partial charge is 0.246 e. The van der Waals surface area contributed by atoms with Gasteiger partial charge < -0.3 is 9.42 Å². The topological polar surface area (TPSA) is 59.2 Å². The number of hydrogen-bond donors (Lipinski definition) is 0. The lowest BCUT2D eigenvalue weighted by atomic mass is 10.2. The molecule has 0 spiro atoms. The Bertz CT molecular complexity index is 917. The van der Waals surface area contributed by atoms with Crippen LogP contribution in [0, 0.1) is 5.82 Å². The van der Waals surface area contributed by atoms with Crippen molar-refractivity contribution < 1.29 is 13.7 Å². The van der Waals surface area contributed by atoms with E-state index in [4.69, 9.17) is 16.1 Å². The van der Waals surface area contributed by atoms with Crippen molar-refractivity contribution in [2.24, 2.45) is 0 Å². The second-order valence-electron chi connectivity index (χ2n) is 5.86. The first-order valence-electron chi connectivity index (χ1n) is 8.16. The summed E-state index contributed by atoms with van der Waals surface area (Å²) >= 11 is 7.60. The average Bonchev–Trinajstić information content (AvgIpc) is 3.11. The number of thioether (sulfide) groups is 1. The zero-order chi connectivity index (χ0) is 19.2. The minimum atomic E-state index is -0.268. The number of hydrogen-bond acceptors (Lipinski definition) is 5. The molecule has 0 atom stereocenters. The van der Waals surface area contributed by atoms with Gasteiger partial charge in [-0.25, -0.2) is 4.39 Å². The van der Waals surface area contributed by atoms with Crippen molar-refractivity contribution in [3.8, 4) is 11.4 Å². The summed E-state index contributed by atoms with van der Waals surface area (Å²) in [5.74, 6) is 1.34. The lowest BCUT2D eigenvalue weighted by Crippen LogP contribution is -2.28. The molecule has 0 radical (unpaired) electrons. The molecule has 0 unspecified atom stereocenters.